The first kappa shape index (κ1) is 14.9. The lowest BCUT2D eigenvalue weighted by Crippen LogP contribution is -2.36. The number of ether oxygens (including phenoxy) is 1. The third-order valence-electron chi connectivity index (χ3n) is 2.30. The lowest BCUT2D eigenvalue weighted by atomic mass is 10.4. The average Bonchev–Trinajstić information content (AvgIpc) is 2.44. The molecule has 1 amide bonds. The Morgan fingerprint density at radius 3 is 2.68 bits per heavy atom. The van der Waals surface area contributed by atoms with Crippen molar-refractivity contribution in [3.8, 4) is 6.01 Å². The van der Waals surface area contributed by atoms with Crippen molar-refractivity contribution in [3.05, 3.63) is 0 Å². The van der Waals surface area contributed by atoms with Gasteiger partial charge >= 0.3 is 6.01 Å². The minimum Gasteiger partial charge on any atom is -0.467 e. The number of hydrogen-bond acceptors (Lipinski definition) is 7. The first-order valence-corrected chi connectivity index (χ1v) is 6.06. The van der Waals surface area contributed by atoms with Crippen molar-refractivity contribution in [2.75, 3.05) is 44.5 Å². The van der Waals surface area contributed by atoms with Crippen LogP contribution in [0.5, 0.6) is 6.01 Å². The van der Waals surface area contributed by atoms with Crippen molar-refractivity contribution in [2.24, 2.45) is 0 Å². The third-order valence-corrected chi connectivity index (χ3v) is 2.30. The molecule has 0 aromatic carbocycles. The van der Waals surface area contributed by atoms with Gasteiger partial charge in [0, 0.05) is 20.6 Å². The summed E-state index contributed by atoms with van der Waals surface area (Å²) in [6.45, 7) is 2.84. The Morgan fingerprint density at radius 2 is 2.11 bits per heavy atom. The number of rotatable bonds is 7. The maximum atomic E-state index is 11.6. The van der Waals surface area contributed by atoms with Gasteiger partial charge in [0.25, 0.3) is 0 Å². The molecular formula is C11H20N6O2. The van der Waals surface area contributed by atoms with E-state index in [2.05, 4.69) is 25.6 Å². The third kappa shape index (κ3) is 4.57. The number of nitrogens with one attached hydrogen (secondary N) is 2. The first-order chi connectivity index (χ1) is 9.10. The van der Waals surface area contributed by atoms with Gasteiger partial charge in [-0.1, -0.05) is 6.92 Å². The molecule has 8 heteroatoms. The summed E-state index contributed by atoms with van der Waals surface area (Å²) >= 11 is 0. The van der Waals surface area contributed by atoms with Crippen LogP contribution in [-0.2, 0) is 4.79 Å². The van der Waals surface area contributed by atoms with E-state index in [1.165, 1.54) is 7.11 Å². The van der Waals surface area contributed by atoms with E-state index in [4.69, 9.17) is 4.74 Å². The second-order valence-corrected chi connectivity index (χ2v) is 3.90. The van der Waals surface area contributed by atoms with Crippen LogP contribution in [0, 0.1) is 0 Å². The molecule has 0 unspecified atom stereocenters. The molecule has 0 aliphatic rings. The van der Waals surface area contributed by atoms with Crippen LogP contribution >= 0.6 is 0 Å². The van der Waals surface area contributed by atoms with Gasteiger partial charge in [0.15, 0.2) is 0 Å². The Hall–Kier alpha value is -2.12. The van der Waals surface area contributed by atoms with Crippen LogP contribution in [0.1, 0.15) is 13.3 Å². The molecule has 0 bridgehead atoms. The normalized spacial score (nSPS) is 9.89. The Kier molecular flexibility index (Phi) is 5.77. The molecule has 8 nitrogen and oxygen atoms in total. The summed E-state index contributed by atoms with van der Waals surface area (Å²) in [5.41, 5.74) is 0. The number of likely N-dealkylation sites (N-methyl/N-ethyl adjacent to an activating group) is 1. The van der Waals surface area contributed by atoms with Gasteiger partial charge in [-0.25, -0.2) is 0 Å². The van der Waals surface area contributed by atoms with Gasteiger partial charge in [-0.2, -0.15) is 15.0 Å². The van der Waals surface area contributed by atoms with Gasteiger partial charge in [-0.15, -0.1) is 0 Å². The summed E-state index contributed by atoms with van der Waals surface area (Å²) in [6, 6.07) is 0.204. The number of hydrogen-bond donors (Lipinski definition) is 2. The Morgan fingerprint density at radius 1 is 1.37 bits per heavy atom. The minimum absolute atomic E-state index is 0.0743. The average molecular weight is 268 g/mol. The van der Waals surface area contributed by atoms with Gasteiger partial charge < -0.3 is 20.3 Å². The Bertz CT molecular complexity index is 403. The minimum atomic E-state index is -0.0743. The summed E-state index contributed by atoms with van der Waals surface area (Å²) in [6.07, 6.45) is 0.902. The van der Waals surface area contributed by atoms with Crippen molar-refractivity contribution in [2.45, 2.75) is 13.3 Å². The van der Waals surface area contributed by atoms with Crippen molar-refractivity contribution >= 4 is 17.8 Å². The summed E-state index contributed by atoms with van der Waals surface area (Å²) in [4.78, 5) is 25.5. The number of amides is 1. The van der Waals surface area contributed by atoms with Gasteiger partial charge in [0.2, 0.25) is 17.8 Å². The number of anilines is 2. The van der Waals surface area contributed by atoms with E-state index in [0.29, 0.717) is 18.4 Å². The molecule has 1 rings (SSSR count). The van der Waals surface area contributed by atoms with Crippen LogP contribution in [0.15, 0.2) is 0 Å². The summed E-state index contributed by atoms with van der Waals surface area (Å²) in [5, 5.41) is 5.61. The quantitative estimate of drug-likeness (QED) is 0.712. The van der Waals surface area contributed by atoms with Gasteiger partial charge in [-0.3, -0.25) is 4.79 Å². The van der Waals surface area contributed by atoms with Crippen LogP contribution in [0.4, 0.5) is 11.9 Å². The predicted molar refractivity (Wildman–Crippen MR) is 72.5 cm³/mol. The molecule has 1 heterocycles. The summed E-state index contributed by atoms with van der Waals surface area (Å²) < 4.78 is 4.99. The lowest BCUT2D eigenvalue weighted by Gasteiger charge is -2.17. The molecule has 106 valence electrons. The highest BCUT2D eigenvalue weighted by Crippen LogP contribution is 2.12. The number of nitrogens with zero attached hydrogens (tertiary/aromatic N) is 4. The fourth-order valence-corrected chi connectivity index (χ4v) is 1.33. The zero-order valence-corrected chi connectivity index (χ0v) is 11.7. The second kappa shape index (κ2) is 7.34. The van der Waals surface area contributed by atoms with E-state index >= 15 is 0 Å². The molecule has 0 fully saturated rings. The molecule has 0 saturated heterocycles. The van der Waals surface area contributed by atoms with Crippen molar-refractivity contribution in [1.82, 2.24) is 20.3 Å². The molecule has 0 spiro atoms. The van der Waals surface area contributed by atoms with Gasteiger partial charge in [0.05, 0.1) is 13.7 Å². The summed E-state index contributed by atoms with van der Waals surface area (Å²) in [7, 11) is 4.92. The van der Waals surface area contributed by atoms with Gasteiger partial charge in [-0.05, 0) is 6.42 Å². The smallest absolute Gasteiger partial charge is 0.322 e. The zero-order chi connectivity index (χ0) is 14.3. The van der Waals surface area contributed by atoms with E-state index in [0.717, 1.165) is 6.42 Å². The zero-order valence-electron chi connectivity index (χ0n) is 11.7. The Labute approximate surface area is 112 Å². The standard InChI is InChI=1S/C11H20N6O2/c1-5-6-13-8(18)7-17(3)10-14-9(12-2)15-11(16-10)19-4/h5-7H2,1-4H3,(H,13,18)(H,12,14,15,16). The van der Waals surface area contributed by atoms with Crippen molar-refractivity contribution in [1.29, 1.82) is 0 Å². The van der Waals surface area contributed by atoms with Crippen LogP contribution in [0.25, 0.3) is 0 Å². The van der Waals surface area contributed by atoms with Crippen LogP contribution in [0.3, 0.4) is 0 Å². The monoisotopic (exact) mass is 268 g/mol. The van der Waals surface area contributed by atoms with Crippen LogP contribution in [0.2, 0.25) is 0 Å². The maximum absolute atomic E-state index is 11.6. The molecule has 0 saturated carbocycles. The number of carbonyl (C=O) groups is 1. The van der Waals surface area contributed by atoms with Crippen LogP contribution < -0.4 is 20.3 Å². The van der Waals surface area contributed by atoms with Crippen molar-refractivity contribution in [3.63, 3.8) is 0 Å². The summed E-state index contributed by atoms with van der Waals surface area (Å²) in [5.74, 6) is 0.695. The SMILES string of the molecule is CCCNC(=O)CN(C)c1nc(NC)nc(OC)n1. The van der Waals surface area contributed by atoms with Crippen molar-refractivity contribution < 1.29 is 9.53 Å². The fourth-order valence-electron chi connectivity index (χ4n) is 1.33. The molecule has 1 aromatic rings. The highest BCUT2D eigenvalue weighted by molar-refractivity contribution is 5.80. The van der Waals surface area contributed by atoms with E-state index in [1.54, 1.807) is 19.0 Å². The maximum Gasteiger partial charge on any atom is 0.322 e. The highest BCUT2D eigenvalue weighted by atomic mass is 16.5. The molecule has 0 aliphatic heterocycles. The van der Waals surface area contributed by atoms with E-state index in [1.807, 2.05) is 6.92 Å². The molecule has 19 heavy (non-hydrogen) atoms. The molecule has 2 N–H and O–H groups in total. The number of carbonyl (C=O) groups excluding carboxylic acids is 1. The van der Waals surface area contributed by atoms with E-state index in [-0.39, 0.29) is 18.5 Å². The largest absolute Gasteiger partial charge is 0.467 e. The lowest BCUT2D eigenvalue weighted by molar-refractivity contribution is -0.119. The van der Waals surface area contributed by atoms with Gasteiger partial charge in [0.1, 0.15) is 0 Å². The van der Waals surface area contributed by atoms with E-state index in [9.17, 15) is 4.79 Å². The number of aromatic nitrogens is 3. The Balaban J connectivity index is 2.75. The molecule has 0 radical (unpaired) electrons. The molecule has 1 aromatic heterocycles. The first-order valence-electron chi connectivity index (χ1n) is 6.06. The second-order valence-electron chi connectivity index (χ2n) is 3.90. The molecule has 0 atom stereocenters. The number of methoxy groups -OCH3 is 1. The molecular weight excluding hydrogens is 248 g/mol. The van der Waals surface area contributed by atoms with Crippen LogP contribution in [-0.4, -0.2) is 55.2 Å². The predicted octanol–water partition coefficient (Wildman–Crippen LogP) is -0.116. The van der Waals surface area contributed by atoms with E-state index < -0.39 is 0 Å². The molecule has 0 aliphatic carbocycles. The topological polar surface area (TPSA) is 92.3 Å². The fraction of sp³-hybridized carbons (Fsp3) is 0.636. The highest BCUT2D eigenvalue weighted by Gasteiger charge is 2.12.